The lowest BCUT2D eigenvalue weighted by molar-refractivity contribution is -0.0939. The van der Waals surface area contributed by atoms with Crippen molar-refractivity contribution in [1.82, 2.24) is 9.80 Å². The van der Waals surface area contributed by atoms with Crippen LogP contribution in [0.1, 0.15) is 47.0 Å². The molecule has 2 saturated heterocycles. The number of piperidine rings is 1. The average molecular weight is 296 g/mol. The van der Waals surface area contributed by atoms with Crippen LogP contribution in [0.4, 0.5) is 0 Å². The first kappa shape index (κ1) is 16.6. The highest BCUT2D eigenvalue weighted by molar-refractivity contribution is 5.78. The summed E-state index contributed by atoms with van der Waals surface area (Å²) in [5.41, 5.74) is 6.19. The zero-order valence-electron chi connectivity index (χ0n) is 14.1. The molecule has 5 nitrogen and oxygen atoms in total. The van der Waals surface area contributed by atoms with Crippen LogP contribution in [0.3, 0.4) is 0 Å². The molecule has 2 aliphatic rings. The van der Waals surface area contributed by atoms with Gasteiger partial charge in [0.2, 0.25) is 0 Å². The van der Waals surface area contributed by atoms with Crippen LogP contribution >= 0.6 is 0 Å². The first-order valence-corrected chi connectivity index (χ1v) is 8.34. The lowest BCUT2D eigenvalue weighted by atomic mass is 10.0. The molecule has 0 aromatic heterocycles. The van der Waals surface area contributed by atoms with E-state index < -0.39 is 0 Å². The van der Waals surface area contributed by atoms with Crippen LogP contribution in [0, 0.1) is 0 Å². The van der Waals surface area contributed by atoms with E-state index in [0.717, 1.165) is 38.7 Å². The van der Waals surface area contributed by atoms with E-state index in [1.807, 2.05) is 0 Å². The highest BCUT2D eigenvalue weighted by Gasteiger charge is 2.33. The number of guanidine groups is 1. The molecule has 2 N–H and O–H groups in total. The second-order valence-electron chi connectivity index (χ2n) is 7.20. The molecule has 0 aromatic carbocycles. The molecule has 5 heteroatoms. The third kappa shape index (κ3) is 4.58. The molecule has 2 fully saturated rings. The van der Waals surface area contributed by atoms with E-state index in [-0.39, 0.29) is 17.7 Å². The Labute approximate surface area is 129 Å². The van der Waals surface area contributed by atoms with Crippen LogP contribution in [0.5, 0.6) is 0 Å². The normalized spacial score (nSPS) is 29.7. The van der Waals surface area contributed by atoms with Crippen molar-refractivity contribution in [2.75, 3.05) is 32.7 Å². The molecule has 2 unspecified atom stereocenters. The predicted octanol–water partition coefficient (Wildman–Crippen LogP) is 1.67. The summed E-state index contributed by atoms with van der Waals surface area (Å²) in [7, 11) is 0. The van der Waals surface area contributed by atoms with Crippen LogP contribution in [-0.4, -0.2) is 66.2 Å². The van der Waals surface area contributed by atoms with Gasteiger partial charge >= 0.3 is 0 Å². The van der Waals surface area contributed by atoms with Crippen molar-refractivity contribution in [3.63, 3.8) is 0 Å². The zero-order chi connectivity index (χ0) is 15.5. The summed E-state index contributed by atoms with van der Waals surface area (Å²) in [5.74, 6) is 0.720. The molecule has 0 saturated carbocycles. The van der Waals surface area contributed by atoms with E-state index in [2.05, 4.69) is 42.5 Å². The number of aliphatic imine (C=N–C) groups is 1. The van der Waals surface area contributed by atoms with Gasteiger partial charge in [-0.05, 0) is 47.0 Å². The smallest absolute Gasteiger partial charge is 0.191 e. The monoisotopic (exact) mass is 296 g/mol. The topological polar surface area (TPSA) is 54.1 Å². The maximum atomic E-state index is 6.17. The summed E-state index contributed by atoms with van der Waals surface area (Å²) in [6.45, 7) is 13.6. The fourth-order valence-corrected chi connectivity index (χ4v) is 3.27. The van der Waals surface area contributed by atoms with Gasteiger partial charge in [0.1, 0.15) is 0 Å². The van der Waals surface area contributed by atoms with Crippen molar-refractivity contribution in [3.05, 3.63) is 0 Å². The van der Waals surface area contributed by atoms with E-state index in [1.165, 1.54) is 19.3 Å². The second-order valence-corrected chi connectivity index (χ2v) is 7.20. The minimum atomic E-state index is 0.0205. The van der Waals surface area contributed by atoms with Crippen molar-refractivity contribution in [3.8, 4) is 0 Å². The fourth-order valence-electron chi connectivity index (χ4n) is 3.27. The Kier molecular flexibility index (Phi) is 5.49. The van der Waals surface area contributed by atoms with Crippen LogP contribution < -0.4 is 5.73 Å². The summed E-state index contributed by atoms with van der Waals surface area (Å²) >= 11 is 0. The predicted molar refractivity (Wildman–Crippen MR) is 87.6 cm³/mol. The Hall–Kier alpha value is -0.810. The molecule has 0 radical (unpaired) electrons. The Morgan fingerprint density at radius 2 is 1.71 bits per heavy atom. The molecular weight excluding hydrogens is 264 g/mol. The molecule has 0 spiro atoms. The van der Waals surface area contributed by atoms with E-state index in [1.54, 1.807) is 0 Å². The van der Waals surface area contributed by atoms with Crippen molar-refractivity contribution in [2.45, 2.75) is 64.7 Å². The quantitative estimate of drug-likeness (QED) is 0.636. The number of morpholine rings is 1. The van der Waals surface area contributed by atoms with Gasteiger partial charge in [-0.2, -0.15) is 0 Å². The number of hydrogen-bond acceptors (Lipinski definition) is 3. The van der Waals surface area contributed by atoms with E-state index in [4.69, 9.17) is 10.5 Å². The van der Waals surface area contributed by atoms with Gasteiger partial charge in [-0.1, -0.05) is 0 Å². The van der Waals surface area contributed by atoms with Gasteiger partial charge in [-0.25, -0.2) is 0 Å². The molecule has 2 heterocycles. The second kappa shape index (κ2) is 6.97. The van der Waals surface area contributed by atoms with Gasteiger partial charge in [0.05, 0.1) is 18.8 Å². The zero-order valence-corrected chi connectivity index (χ0v) is 14.1. The number of ether oxygens (including phenoxy) is 1. The van der Waals surface area contributed by atoms with E-state index >= 15 is 0 Å². The maximum Gasteiger partial charge on any atom is 0.191 e. The third-order valence-corrected chi connectivity index (χ3v) is 4.58. The minimum Gasteiger partial charge on any atom is -0.373 e. The third-order valence-electron chi connectivity index (χ3n) is 4.58. The molecular formula is C16H32N4O. The fraction of sp³-hybridized carbons (Fsp3) is 0.938. The van der Waals surface area contributed by atoms with Crippen LogP contribution in [0.25, 0.3) is 0 Å². The van der Waals surface area contributed by atoms with E-state index in [9.17, 15) is 0 Å². The maximum absolute atomic E-state index is 6.17. The Morgan fingerprint density at radius 1 is 1.14 bits per heavy atom. The first-order chi connectivity index (χ1) is 9.88. The standard InChI is InChI=1S/C16H32N4O/c1-13-10-20(11-14(2)21-13)16(3,4)12-18-15(17)19-8-6-5-7-9-19/h13-14H,5-12H2,1-4H3,(H2,17,18). The van der Waals surface area contributed by atoms with Crippen molar-refractivity contribution >= 4 is 5.96 Å². The molecule has 2 atom stereocenters. The van der Waals surface area contributed by atoms with Gasteiger partial charge in [0, 0.05) is 31.7 Å². The summed E-state index contributed by atoms with van der Waals surface area (Å²) in [6.07, 6.45) is 4.36. The Morgan fingerprint density at radius 3 is 2.29 bits per heavy atom. The molecule has 0 bridgehead atoms. The average Bonchev–Trinajstić information content (AvgIpc) is 2.45. The van der Waals surface area contributed by atoms with Gasteiger partial charge in [-0.3, -0.25) is 9.89 Å². The molecule has 2 rings (SSSR count). The minimum absolute atomic E-state index is 0.0205. The van der Waals surface area contributed by atoms with Crippen LogP contribution in [0.2, 0.25) is 0 Å². The SMILES string of the molecule is CC1CN(C(C)(C)CN=C(N)N2CCCCC2)CC(C)O1. The number of hydrogen-bond donors (Lipinski definition) is 1. The number of nitrogens with two attached hydrogens (primary N) is 1. The van der Waals surface area contributed by atoms with Crippen molar-refractivity contribution in [1.29, 1.82) is 0 Å². The first-order valence-electron chi connectivity index (χ1n) is 8.34. The number of rotatable bonds is 3. The van der Waals surface area contributed by atoms with E-state index in [0.29, 0.717) is 0 Å². The van der Waals surface area contributed by atoms with Crippen molar-refractivity contribution in [2.24, 2.45) is 10.7 Å². The lowest BCUT2D eigenvalue weighted by Crippen LogP contribution is -2.56. The van der Waals surface area contributed by atoms with Gasteiger partial charge in [0.25, 0.3) is 0 Å². The van der Waals surface area contributed by atoms with Gasteiger partial charge < -0.3 is 15.4 Å². The lowest BCUT2D eigenvalue weighted by Gasteiger charge is -2.44. The molecule has 21 heavy (non-hydrogen) atoms. The molecule has 0 aliphatic carbocycles. The van der Waals surface area contributed by atoms with Gasteiger partial charge in [-0.15, -0.1) is 0 Å². The van der Waals surface area contributed by atoms with Crippen LogP contribution in [0.15, 0.2) is 4.99 Å². The Balaban J connectivity index is 1.93. The number of likely N-dealkylation sites (tertiary alicyclic amines) is 1. The summed E-state index contributed by atoms with van der Waals surface area (Å²) in [4.78, 5) is 9.39. The summed E-state index contributed by atoms with van der Waals surface area (Å²) in [6, 6.07) is 0. The molecule has 2 aliphatic heterocycles. The molecule has 0 aromatic rings. The highest BCUT2D eigenvalue weighted by Crippen LogP contribution is 2.21. The van der Waals surface area contributed by atoms with Gasteiger partial charge in [0.15, 0.2) is 5.96 Å². The largest absolute Gasteiger partial charge is 0.373 e. The molecule has 0 amide bonds. The molecule has 122 valence electrons. The summed E-state index contributed by atoms with van der Waals surface area (Å²) in [5, 5.41) is 0. The van der Waals surface area contributed by atoms with Crippen LogP contribution in [-0.2, 0) is 4.74 Å². The van der Waals surface area contributed by atoms with Crippen molar-refractivity contribution < 1.29 is 4.74 Å². The highest BCUT2D eigenvalue weighted by atomic mass is 16.5. The summed E-state index contributed by atoms with van der Waals surface area (Å²) < 4.78 is 5.82. The Bertz CT molecular complexity index is 353. The number of nitrogens with zero attached hydrogens (tertiary/aromatic N) is 3.